The van der Waals surface area contributed by atoms with E-state index in [1.165, 1.54) is 6.07 Å². The number of halogens is 2. The van der Waals surface area contributed by atoms with E-state index >= 15 is 0 Å². The maximum Gasteiger partial charge on any atom is 0.254 e. The maximum absolute atomic E-state index is 13.3. The van der Waals surface area contributed by atoms with Gasteiger partial charge in [-0.3, -0.25) is 4.79 Å². The van der Waals surface area contributed by atoms with Crippen LogP contribution < -0.4 is 9.64 Å². The Bertz CT molecular complexity index is 768. The van der Waals surface area contributed by atoms with Crippen LogP contribution in [0, 0.1) is 11.6 Å². The minimum Gasteiger partial charge on any atom is -0.471 e. The predicted molar refractivity (Wildman–Crippen MR) is 87.7 cm³/mol. The number of hydrogen-bond acceptors (Lipinski definition) is 5. The fourth-order valence-corrected chi connectivity index (χ4v) is 2.61. The third-order valence-corrected chi connectivity index (χ3v) is 3.97. The Morgan fingerprint density at radius 2 is 2.00 bits per heavy atom. The number of carbonyl (C=O) groups excluding carboxylic acids is 1. The summed E-state index contributed by atoms with van der Waals surface area (Å²) < 4.78 is 32.0. The lowest BCUT2D eigenvalue weighted by Gasteiger charge is -2.17. The van der Waals surface area contributed by atoms with Gasteiger partial charge in [0.05, 0.1) is 6.54 Å². The van der Waals surface area contributed by atoms with Crippen molar-refractivity contribution in [1.29, 1.82) is 0 Å². The van der Waals surface area contributed by atoms with Crippen molar-refractivity contribution >= 4 is 11.7 Å². The van der Waals surface area contributed by atoms with Crippen LogP contribution in [0.5, 0.6) is 5.88 Å². The second kappa shape index (κ2) is 7.00. The minimum absolute atomic E-state index is 0.120. The Morgan fingerprint density at radius 3 is 2.64 bits per heavy atom. The van der Waals surface area contributed by atoms with Crippen LogP contribution in [0.1, 0.15) is 16.8 Å². The lowest BCUT2D eigenvalue weighted by molar-refractivity contribution is 0.0770. The molecule has 1 aromatic carbocycles. The Balaban J connectivity index is 1.61. The number of aromatic nitrogens is 2. The summed E-state index contributed by atoms with van der Waals surface area (Å²) in [6, 6.07) is 6.66. The minimum atomic E-state index is -1.03. The fourth-order valence-electron chi connectivity index (χ4n) is 2.61. The van der Waals surface area contributed by atoms with Crippen molar-refractivity contribution in [2.24, 2.45) is 0 Å². The molecule has 2 aromatic rings. The number of ether oxygens (including phenoxy) is 1. The molecular formula is C17H18F2N4O2. The van der Waals surface area contributed by atoms with Gasteiger partial charge in [-0.2, -0.15) is 0 Å². The second-order valence-electron chi connectivity index (χ2n) is 6.03. The van der Waals surface area contributed by atoms with Crippen LogP contribution in [0.3, 0.4) is 0 Å². The molecule has 0 radical (unpaired) electrons. The Hall–Kier alpha value is -2.77. The summed E-state index contributed by atoms with van der Waals surface area (Å²) in [5, 5.41) is 8.04. The zero-order valence-electron chi connectivity index (χ0n) is 13.9. The molecule has 1 saturated heterocycles. The summed E-state index contributed by atoms with van der Waals surface area (Å²) in [7, 11) is 3.73. The average molecular weight is 348 g/mol. The number of amides is 1. The standard InChI is InChI=1S/C17H18F2N4O2/c1-22(2)15-5-6-16(21-20-15)25-12-7-8-23(10-12)17(24)11-3-4-13(18)14(19)9-11/h3-6,9,12H,7-8,10H2,1-2H3. The molecule has 6 nitrogen and oxygen atoms in total. The Labute approximate surface area is 144 Å². The van der Waals surface area contributed by atoms with E-state index in [1.807, 2.05) is 19.0 Å². The normalized spacial score (nSPS) is 16.8. The van der Waals surface area contributed by atoms with E-state index in [1.54, 1.807) is 17.0 Å². The van der Waals surface area contributed by atoms with E-state index in [0.29, 0.717) is 31.2 Å². The molecule has 0 N–H and O–H groups in total. The van der Waals surface area contributed by atoms with Crippen LogP contribution >= 0.6 is 0 Å². The van der Waals surface area contributed by atoms with E-state index in [-0.39, 0.29) is 17.6 Å². The van der Waals surface area contributed by atoms with Crippen molar-refractivity contribution in [2.45, 2.75) is 12.5 Å². The first-order chi connectivity index (χ1) is 11.9. The molecule has 0 saturated carbocycles. The van der Waals surface area contributed by atoms with E-state index in [2.05, 4.69) is 10.2 Å². The van der Waals surface area contributed by atoms with Crippen molar-refractivity contribution in [3.63, 3.8) is 0 Å². The lowest BCUT2D eigenvalue weighted by Crippen LogP contribution is -2.31. The summed E-state index contributed by atoms with van der Waals surface area (Å²) >= 11 is 0. The highest BCUT2D eigenvalue weighted by molar-refractivity contribution is 5.94. The van der Waals surface area contributed by atoms with Gasteiger partial charge in [0.2, 0.25) is 5.88 Å². The smallest absolute Gasteiger partial charge is 0.254 e. The topological polar surface area (TPSA) is 58.6 Å². The molecule has 0 bridgehead atoms. The molecule has 1 amide bonds. The largest absolute Gasteiger partial charge is 0.471 e. The van der Waals surface area contributed by atoms with Crippen LogP contribution in [0.4, 0.5) is 14.6 Å². The summed E-state index contributed by atoms with van der Waals surface area (Å²) in [5.74, 6) is -1.25. The molecular weight excluding hydrogens is 330 g/mol. The van der Waals surface area contributed by atoms with Gasteiger partial charge < -0.3 is 14.5 Å². The number of likely N-dealkylation sites (tertiary alicyclic amines) is 1. The summed E-state index contributed by atoms with van der Waals surface area (Å²) in [6.45, 7) is 0.834. The molecule has 1 unspecified atom stereocenters. The second-order valence-corrected chi connectivity index (χ2v) is 6.03. The molecule has 25 heavy (non-hydrogen) atoms. The van der Waals surface area contributed by atoms with Crippen LogP contribution in [-0.2, 0) is 0 Å². The number of rotatable bonds is 4. The van der Waals surface area contributed by atoms with Crippen molar-refractivity contribution < 1.29 is 18.3 Å². The molecule has 8 heteroatoms. The van der Waals surface area contributed by atoms with Crippen molar-refractivity contribution in [3.05, 3.63) is 47.5 Å². The molecule has 1 aliphatic heterocycles. The number of benzene rings is 1. The van der Waals surface area contributed by atoms with Crippen LogP contribution in [0.15, 0.2) is 30.3 Å². The van der Waals surface area contributed by atoms with E-state index < -0.39 is 11.6 Å². The molecule has 2 heterocycles. The highest BCUT2D eigenvalue weighted by Gasteiger charge is 2.29. The van der Waals surface area contributed by atoms with Crippen molar-refractivity contribution in [1.82, 2.24) is 15.1 Å². The Kier molecular flexibility index (Phi) is 4.78. The molecule has 1 fully saturated rings. The van der Waals surface area contributed by atoms with Crippen LogP contribution in [0.25, 0.3) is 0 Å². The van der Waals surface area contributed by atoms with Crippen molar-refractivity contribution in [2.75, 3.05) is 32.1 Å². The van der Waals surface area contributed by atoms with E-state index in [4.69, 9.17) is 4.74 Å². The third kappa shape index (κ3) is 3.84. The van der Waals surface area contributed by atoms with Gasteiger partial charge in [-0.15, -0.1) is 10.2 Å². The molecule has 1 aliphatic rings. The van der Waals surface area contributed by atoms with Gasteiger partial charge in [0, 0.05) is 38.7 Å². The predicted octanol–water partition coefficient (Wildman–Crippen LogP) is 2.11. The van der Waals surface area contributed by atoms with Gasteiger partial charge in [0.15, 0.2) is 17.5 Å². The number of anilines is 1. The summed E-state index contributed by atoms with van der Waals surface area (Å²) in [6.07, 6.45) is 0.417. The SMILES string of the molecule is CN(C)c1ccc(OC2CCN(C(=O)c3ccc(F)c(F)c3)C2)nn1. The first-order valence-corrected chi connectivity index (χ1v) is 7.86. The third-order valence-electron chi connectivity index (χ3n) is 3.97. The monoisotopic (exact) mass is 348 g/mol. The zero-order valence-corrected chi connectivity index (χ0v) is 13.9. The summed E-state index contributed by atoms with van der Waals surface area (Å²) in [4.78, 5) is 15.8. The maximum atomic E-state index is 13.3. The van der Waals surface area contributed by atoms with E-state index in [9.17, 15) is 13.6 Å². The zero-order chi connectivity index (χ0) is 18.0. The van der Waals surface area contributed by atoms with Gasteiger partial charge in [-0.25, -0.2) is 8.78 Å². The molecule has 0 aliphatic carbocycles. The van der Waals surface area contributed by atoms with Crippen LogP contribution in [-0.4, -0.2) is 54.3 Å². The van der Waals surface area contributed by atoms with Crippen molar-refractivity contribution in [3.8, 4) is 5.88 Å². The van der Waals surface area contributed by atoms with Gasteiger partial charge in [-0.1, -0.05) is 0 Å². The highest BCUT2D eigenvalue weighted by Crippen LogP contribution is 2.20. The van der Waals surface area contributed by atoms with Gasteiger partial charge >= 0.3 is 0 Å². The van der Waals surface area contributed by atoms with Gasteiger partial charge in [0.1, 0.15) is 6.10 Å². The molecule has 0 spiro atoms. The lowest BCUT2D eigenvalue weighted by atomic mass is 10.2. The average Bonchev–Trinajstić information content (AvgIpc) is 3.05. The number of carbonyl (C=O) groups is 1. The number of nitrogens with zero attached hydrogens (tertiary/aromatic N) is 4. The fraction of sp³-hybridized carbons (Fsp3) is 0.353. The Morgan fingerprint density at radius 1 is 1.20 bits per heavy atom. The molecule has 132 valence electrons. The summed E-state index contributed by atoms with van der Waals surface area (Å²) in [5.41, 5.74) is 0.120. The van der Waals surface area contributed by atoms with Crippen LogP contribution in [0.2, 0.25) is 0 Å². The quantitative estimate of drug-likeness (QED) is 0.847. The van der Waals surface area contributed by atoms with Gasteiger partial charge in [0.25, 0.3) is 5.91 Å². The first-order valence-electron chi connectivity index (χ1n) is 7.86. The van der Waals surface area contributed by atoms with Gasteiger partial charge in [-0.05, 0) is 24.3 Å². The molecule has 1 atom stereocenters. The highest BCUT2D eigenvalue weighted by atomic mass is 19.2. The molecule has 1 aromatic heterocycles. The first kappa shape index (κ1) is 17.1. The van der Waals surface area contributed by atoms with E-state index in [0.717, 1.165) is 12.1 Å². The molecule has 3 rings (SSSR count). The number of hydrogen-bond donors (Lipinski definition) is 0.